The van der Waals surface area contributed by atoms with Gasteiger partial charge in [0.05, 0.1) is 0 Å². The Kier molecular flexibility index (Phi) is 6.24. The van der Waals surface area contributed by atoms with E-state index in [1.165, 1.54) is 19.3 Å². The Balaban J connectivity index is 1.92. The molecule has 0 aliphatic carbocycles. The fourth-order valence-electron chi connectivity index (χ4n) is 2.72. The fourth-order valence-corrected chi connectivity index (χ4v) is 3.50. The number of hydrogen-bond acceptors (Lipinski definition) is 3. The summed E-state index contributed by atoms with van der Waals surface area (Å²) in [6, 6.07) is 7.56. The van der Waals surface area contributed by atoms with Gasteiger partial charge in [-0.15, -0.1) is 0 Å². The summed E-state index contributed by atoms with van der Waals surface area (Å²) in [5.74, 6) is 0.460. The number of amides is 2. The number of hydrogen-bond donors (Lipinski definition) is 2. The standard InChI is InChI=1S/C16H25N3O2S/c1-13(12-22(2)21)17-16(20)18-14-7-6-8-15(11-14)19-9-4-3-5-10-19/h6-8,11,13H,3-5,9-10,12H2,1-2H3,(H2,17,18,20)/t13-,22+/m1/s1. The van der Waals surface area contributed by atoms with Crippen LogP contribution in [0, 0.1) is 0 Å². The molecule has 2 atom stereocenters. The summed E-state index contributed by atoms with van der Waals surface area (Å²) < 4.78 is 11.1. The highest BCUT2D eigenvalue weighted by Gasteiger charge is 2.12. The second kappa shape index (κ2) is 8.17. The minimum Gasteiger partial charge on any atom is -0.371 e. The van der Waals surface area contributed by atoms with Crippen LogP contribution in [0.4, 0.5) is 16.2 Å². The van der Waals surface area contributed by atoms with Gasteiger partial charge in [0, 0.05) is 53.3 Å². The molecular weight excluding hydrogens is 298 g/mol. The molecule has 22 heavy (non-hydrogen) atoms. The van der Waals surface area contributed by atoms with Gasteiger partial charge in [0.25, 0.3) is 0 Å². The van der Waals surface area contributed by atoms with Gasteiger partial charge in [0.1, 0.15) is 0 Å². The number of anilines is 2. The number of piperidine rings is 1. The van der Waals surface area contributed by atoms with Crippen molar-refractivity contribution in [3.8, 4) is 0 Å². The van der Waals surface area contributed by atoms with Gasteiger partial charge >= 0.3 is 6.03 Å². The summed E-state index contributed by atoms with van der Waals surface area (Å²) in [5.41, 5.74) is 1.94. The molecule has 1 aliphatic rings. The summed E-state index contributed by atoms with van der Waals surface area (Å²) in [4.78, 5) is 14.3. The van der Waals surface area contributed by atoms with E-state index in [1.54, 1.807) is 6.26 Å². The molecule has 1 aromatic rings. The zero-order valence-corrected chi connectivity index (χ0v) is 14.1. The van der Waals surface area contributed by atoms with E-state index in [0.717, 1.165) is 24.5 Å². The largest absolute Gasteiger partial charge is 0.371 e. The van der Waals surface area contributed by atoms with Crippen molar-refractivity contribution in [3.05, 3.63) is 24.3 Å². The zero-order valence-electron chi connectivity index (χ0n) is 13.3. The Bertz CT molecular complexity index is 530. The first-order valence-corrected chi connectivity index (χ1v) is 9.50. The predicted octanol–water partition coefficient (Wildman–Crippen LogP) is 2.57. The maximum atomic E-state index is 12.0. The SMILES string of the molecule is C[C@H](C[S@](C)=O)NC(=O)Nc1cccc(N2CCCCC2)c1. The van der Waals surface area contributed by atoms with Crippen molar-refractivity contribution in [1.29, 1.82) is 0 Å². The van der Waals surface area contributed by atoms with Crippen LogP contribution in [0.2, 0.25) is 0 Å². The molecule has 2 amide bonds. The van der Waals surface area contributed by atoms with Crippen LogP contribution in [-0.4, -0.2) is 41.4 Å². The lowest BCUT2D eigenvalue weighted by atomic mass is 10.1. The van der Waals surface area contributed by atoms with E-state index >= 15 is 0 Å². The molecule has 1 fully saturated rings. The molecule has 6 heteroatoms. The van der Waals surface area contributed by atoms with Crippen LogP contribution >= 0.6 is 0 Å². The molecule has 1 aromatic carbocycles. The Morgan fingerprint density at radius 2 is 2.05 bits per heavy atom. The van der Waals surface area contributed by atoms with Crippen molar-refractivity contribution in [2.45, 2.75) is 32.2 Å². The van der Waals surface area contributed by atoms with Crippen LogP contribution in [0.15, 0.2) is 24.3 Å². The van der Waals surface area contributed by atoms with Gasteiger partial charge in [0.2, 0.25) is 0 Å². The molecule has 2 rings (SSSR count). The molecule has 0 bridgehead atoms. The predicted molar refractivity (Wildman–Crippen MR) is 93.1 cm³/mol. The average molecular weight is 323 g/mol. The highest BCUT2D eigenvalue weighted by molar-refractivity contribution is 7.84. The van der Waals surface area contributed by atoms with Gasteiger partial charge in [0.15, 0.2) is 0 Å². The van der Waals surface area contributed by atoms with E-state index < -0.39 is 10.8 Å². The van der Waals surface area contributed by atoms with Crippen LogP contribution in [0.3, 0.4) is 0 Å². The van der Waals surface area contributed by atoms with E-state index in [0.29, 0.717) is 5.75 Å². The maximum absolute atomic E-state index is 12.0. The van der Waals surface area contributed by atoms with E-state index in [9.17, 15) is 9.00 Å². The number of nitrogens with zero attached hydrogens (tertiary/aromatic N) is 1. The normalized spacial score (nSPS) is 17.6. The third kappa shape index (κ3) is 5.33. The van der Waals surface area contributed by atoms with E-state index in [1.807, 2.05) is 25.1 Å². The number of carbonyl (C=O) groups is 1. The van der Waals surface area contributed by atoms with Gasteiger partial charge in [-0.1, -0.05) is 6.07 Å². The molecule has 0 radical (unpaired) electrons. The fraction of sp³-hybridized carbons (Fsp3) is 0.562. The van der Waals surface area contributed by atoms with Crippen molar-refractivity contribution in [1.82, 2.24) is 5.32 Å². The summed E-state index contributed by atoms with van der Waals surface area (Å²) in [6.45, 7) is 4.01. The minimum absolute atomic E-state index is 0.115. The molecule has 1 saturated heterocycles. The number of rotatable bonds is 5. The molecule has 1 aliphatic heterocycles. The van der Waals surface area contributed by atoms with Gasteiger partial charge in [-0.05, 0) is 44.4 Å². The Hall–Kier alpha value is -1.56. The molecule has 2 N–H and O–H groups in total. The first-order valence-electron chi connectivity index (χ1n) is 7.77. The number of carbonyl (C=O) groups excluding carboxylic acids is 1. The third-order valence-electron chi connectivity index (χ3n) is 3.69. The topological polar surface area (TPSA) is 61.4 Å². The van der Waals surface area contributed by atoms with Crippen molar-refractivity contribution < 1.29 is 9.00 Å². The summed E-state index contributed by atoms with van der Waals surface area (Å²) >= 11 is 0. The molecule has 0 aromatic heterocycles. The molecule has 0 spiro atoms. The lowest BCUT2D eigenvalue weighted by molar-refractivity contribution is 0.250. The Morgan fingerprint density at radius 3 is 2.73 bits per heavy atom. The Labute approximate surface area is 134 Å². The van der Waals surface area contributed by atoms with Crippen LogP contribution < -0.4 is 15.5 Å². The van der Waals surface area contributed by atoms with Crippen LogP contribution in [0.1, 0.15) is 26.2 Å². The number of benzene rings is 1. The van der Waals surface area contributed by atoms with Gasteiger partial charge in [-0.2, -0.15) is 0 Å². The molecule has 122 valence electrons. The first kappa shape index (κ1) is 16.8. The monoisotopic (exact) mass is 323 g/mol. The Morgan fingerprint density at radius 1 is 1.32 bits per heavy atom. The van der Waals surface area contributed by atoms with Crippen molar-refractivity contribution in [2.75, 3.05) is 35.3 Å². The smallest absolute Gasteiger partial charge is 0.319 e. The maximum Gasteiger partial charge on any atom is 0.319 e. The zero-order chi connectivity index (χ0) is 15.9. The van der Waals surface area contributed by atoms with Gasteiger partial charge in [-0.25, -0.2) is 4.79 Å². The van der Waals surface area contributed by atoms with Crippen LogP contribution in [0.5, 0.6) is 0 Å². The van der Waals surface area contributed by atoms with Crippen LogP contribution in [0.25, 0.3) is 0 Å². The molecule has 0 saturated carbocycles. The molecule has 0 unspecified atom stereocenters. The summed E-state index contributed by atoms with van der Waals surface area (Å²) in [7, 11) is -0.915. The third-order valence-corrected chi connectivity index (χ3v) is 4.66. The lowest BCUT2D eigenvalue weighted by Crippen LogP contribution is -2.39. The van der Waals surface area contributed by atoms with E-state index in [2.05, 4.69) is 21.6 Å². The molecule has 1 heterocycles. The van der Waals surface area contributed by atoms with Crippen molar-refractivity contribution in [3.63, 3.8) is 0 Å². The van der Waals surface area contributed by atoms with Gasteiger partial charge in [-0.3, -0.25) is 4.21 Å². The summed E-state index contributed by atoms with van der Waals surface area (Å²) in [5, 5.41) is 5.65. The van der Waals surface area contributed by atoms with Crippen LogP contribution in [-0.2, 0) is 10.8 Å². The number of nitrogens with one attached hydrogen (secondary N) is 2. The van der Waals surface area contributed by atoms with Crippen molar-refractivity contribution in [2.24, 2.45) is 0 Å². The number of urea groups is 1. The highest BCUT2D eigenvalue weighted by Crippen LogP contribution is 2.22. The quantitative estimate of drug-likeness (QED) is 0.875. The summed E-state index contributed by atoms with van der Waals surface area (Å²) in [6.07, 6.45) is 5.39. The second-order valence-corrected chi connectivity index (χ2v) is 7.32. The molecule has 5 nitrogen and oxygen atoms in total. The lowest BCUT2D eigenvalue weighted by Gasteiger charge is -2.29. The highest BCUT2D eigenvalue weighted by atomic mass is 32.2. The van der Waals surface area contributed by atoms with Crippen molar-refractivity contribution >= 4 is 28.2 Å². The van der Waals surface area contributed by atoms with E-state index in [-0.39, 0.29) is 12.1 Å². The average Bonchev–Trinajstić information content (AvgIpc) is 2.47. The van der Waals surface area contributed by atoms with Gasteiger partial charge < -0.3 is 15.5 Å². The first-order chi connectivity index (χ1) is 10.5. The van der Waals surface area contributed by atoms with E-state index in [4.69, 9.17) is 0 Å². The minimum atomic E-state index is -0.915. The molecular formula is C16H25N3O2S. The second-order valence-electron chi connectivity index (χ2n) is 5.84.